The van der Waals surface area contributed by atoms with Gasteiger partial charge in [-0.3, -0.25) is 0 Å². The molecule has 0 atom stereocenters. The summed E-state index contributed by atoms with van der Waals surface area (Å²) in [5, 5.41) is 12.6. The van der Waals surface area contributed by atoms with Crippen LogP contribution in [-0.2, 0) is 4.79 Å². The van der Waals surface area contributed by atoms with E-state index >= 15 is 0 Å². The number of aromatic nitrogens is 3. The molecule has 2 aromatic rings. The van der Waals surface area contributed by atoms with Crippen molar-refractivity contribution >= 4 is 12.0 Å². The van der Waals surface area contributed by atoms with Gasteiger partial charge in [0.05, 0.1) is 5.69 Å². The van der Waals surface area contributed by atoms with Gasteiger partial charge in [0.15, 0.2) is 0 Å². The summed E-state index contributed by atoms with van der Waals surface area (Å²) in [6.45, 7) is 1.92. The molecule has 0 fully saturated rings. The minimum absolute atomic E-state index is 0.872. The molecule has 1 aromatic carbocycles. The Morgan fingerprint density at radius 3 is 2.88 bits per heavy atom. The maximum absolute atomic E-state index is 10.4. The third-order valence-electron chi connectivity index (χ3n) is 2.34. The van der Waals surface area contributed by atoms with Crippen molar-refractivity contribution < 1.29 is 9.90 Å². The van der Waals surface area contributed by atoms with Gasteiger partial charge in [-0.25, -0.2) is 14.5 Å². The van der Waals surface area contributed by atoms with E-state index in [1.807, 2.05) is 25.1 Å². The first kappa shape index (κ1) is 11.1. The van der Waals surface area contributed by atoms with Crippen molar-refractivity contribution in [2.75, 3.05) is 0 Å². The fourth-order valence-electron chi connectivity index (χ4n) is 1.49. The van der Waals surface area contributed by atoms with E-state index in [-0.39, 0.29) is 0 Å². The molecule has 1 heterocycles. The van der Waals surface area contributed by atoms with Gasteiger partial charge in [0.2, 0.25) is 0 Å². The predicted molar refractivity (Wildman–Crippen MR) is 62.8 cm³/mol. The first-order valence-corrected chi connectivity index (χ1v) is 5.03. The number of aryl methyl sites for hydroxylation is 1. The standard InChI is InChI=1S/C12H11N3O2/c1-9-6-11(15-8-13-7-14-15)4-2-10(9)3-5-12(16)17/h2-8H,1H3,(H,16,17). The van der Waals surface area contributed by atoms with Crippen LogP contribution in [0.1, 0.15) is 11.1 Å². The first-order chi connectivity index (χ1) is 8.16. The van der Waals surface area contributed by atoms with Crippen LogP contribution >= 0.6 is 0 Å². The van der Waals surface area contributed by atoms with E-state index in [1.54, 1.807) is 17.1 Å². The Morgan fingerprint density at radius 1 is 1.47 bits per heavy atom. The lowest BCUT2D eigenvalue weighted by Crippen LogP contribution is -1.95. The van der Waals surface area contributed by atoms with Crippen LogP contribution in [0.5, 0.6) is 0 Å². The molecule has 5 nitrogen and oxygen atoms in total. The highest BCUT2D eigenvalue weighted by molar-refractivity contribution is 5.85. The Labute approximate surface area is 98.0 Å². The van der Waals surface area contributed by atoms with Crippen molar-refractivity contribution in [3.05, 3.63) is 48.1 Å². The van der Waals surface area contributed by atoms with E-state index in [2.05, 4.69) is 10.1 Å². The van der Waals surface area contributed by atoms with Gasteiger partial charge >= 0.3 is 5.97 Å². The fraction of sp³-hybridized carbons (Fsp3) is 0.0833. The van der Waals surface area contributed by atoms with Crippen molar-refractivity contribution in [2.45, 2.75) is 6.92 Å². The molecule has 0 radical (unpaired) electrons. The highest BCUT2D eigenvalue weighted by Crippen LogP contribution is 2.15. The van der Waals surface area contributed by atoms with E-state index in [9.17, 15) is 4.79 Å². The molecule has 17 heavy (non-hydrogen) atoms. The van der Waals surface area contributed by atoms with E-state index < -0.39 is 5.97 Å². The van der Waals surface area contributed by atoms with Gasteiger partial charge in [0, 0.05) is 6.08 Å². The summed E-state index contributed by atoms with van der Waals surface area (Å²) in [6, 6.07) is 5.64. The van der Waals surface area contributed by atoms with Gasteiger partial charge in [-0.15, -0.1) is 0 Å². The maximum atomic E-state index is 10.4. The largest absolute Gasteiger partial charge is 0.478 e. The number of hydrogen-bond donors (Lipinski definition) is 1. The van der Waals surface area contributed by atoms with Crippen molar-refractivity contribution in [3.8, 4) is 5.69 Å². The average Bonchev–Trinajstić information content (AvgIpc) is 2.80. The molecular formula is C12H11N3O2. The molecule has 0 amide bonds. The number of aliphatic carboxylic acids is 1. The number of nitrogens with zero attached hydrogens (tertiary/aromatic N) is 3. The average molecular weight is 229 g/mol. The van der Waals surface area contributed by atoms with Gasteiger partial charge in [0.25, 0.3) is 0 Å². The molecular weight excluding hydrogens is 218 g/mol. The third kappa shape index (κ3) is 2.57. The molecule has 2 rings (SSSR count). The zero-order valence-electron chi connectivity index (χ0n) is 9.24. The van der Waals surface area contributed by atoms with Crippen molar-refractivity contribution in [3.63, 3.8) is 0 Å². The summed E-state index contributed by atoms with van der Waals surface area (Å²) >= 11 is 0. The summed E-state index contributed by atoms with van der Waals surface area (Å²) in [5.41, 5.74) is 2.75. The smallest absolute Gasteiger partial charge is 0.328 e. The van der Waals surface area contributed by atoms with E-state index in [0.717, 1.165) is 22.9 Å². The second-order valence-corrected chi connectivity index (χ2v) is 3.55. The van der Waals surface area contributed by atoms with Crippen LogP contribution in [0, 0.1) is 6.92 Å². The van der Waals surface area contributed by atoms with E-state index in [1.165, 1.54) is 6.33 Å². The second kappa shape index (κ2) is 4.61. The summed E-state index contributed by atoms with van der Waals surface area (Å²) in [7, 11) is 0. The Balaban J connectivity index is 2.32. The number of carboxylic acid groups (broad SMARTS) is 1. The predicted octanol–water partition coefficient (Wildman–Crippen LogP) is 1.67. The zero-order chi connectivity index (χ0) is 12.3. The van der Waals surface area contributed by atoms with Crippen LogP contribution in [0.3, 0.4) is 0 Å². The summed E-state index contributed by atoms with van der Waals surface area (Å²) in [6.07, 6.45) is 5.77. The van der Waals surface area contributed by atoms with Crippen molar-refractivity contribution in [1.82, 2.24) is 14.8 Å². The lowest BCUT2D eigenvalue weighted by Gasteiger charge is -2.04. The number of benzene rings is 1. The number of rotatable bonds is 3. The monoisotopic (exact) mass is 229 g/mol. The minimum atomic E-state index is -0.954. The molecule has 5 heteroatoms. The highest BCUT2D eigenvalue weighted by Gasteiger charge is 2.00. The number of hydrogen-bond acceptors (Lipinski definition) is 3. The van der Waals surface area contributed by atoms with Crippen molar-refractivity contribution in [2.24, 2.45) is 0 Å². The van der Waals surface area contributed by atoms with Crippen LogP contribution in [0.4, 0.5) is 0 Å². The van der Waals surface area contributed by atoms with Gasteiger partial charge in [0.1, 0.15) is 12.7 Å². The topological polar surface area (TPSA) is 68.0 Å². The molecule has 0 spiro atoms. The molecule has 0 aliphatic heterocycles. The molecule has 0 unspecified atom stereocenters. The van der Waals surface area contributed by atoms with Crippen LogP contribution in [0.15, 0.2) is 36.9 Å². The van der Waals surface area contributed by atoms with Gasteiger partial charge in [-0.1, -0.05) is 6.07 Å². The third-order valence-corrected chi connectivity index (χ3v) is 2.34. The summed E-state index contributed by atoms with van der Waals surface area (Å²) in [4.78, 5) is 14.3. The van der Waals surface area contributed by atoms with Gasteiger partial charge in [-0.05, 0) is 36.3 Å². The molecule has 0 saturated heterocycles. The Bertz CT molecular complexity index is 559. The van der Waals surface area contributed by atoms with E-state index in [4.69, 9.17) is 5.11 Å². The van der Waals surface area contributed by atoms with Crippen molar-refractivity contribution in [1.29, 1.82) is 0 Å². The Morgan fingerprint density at radius 2 is 2.29 bits per heavy atom. The lowest BCUT2D eigenvalue weighted by molar-refractivity contribution is -0.131. The molecule has 86 valence electrons. The molecule has 0 aliphatic rings. The molecule has 0 saturated carbocycles. The minimum Gasteiger partial charge on any atom is -0.478 e. The van der Waals surface area contributed by atoms with Gasteiger partial charge < -0.3 is 5.11 Å². The Kier molecular flexibility index (Phi) is 3.00. The highest BCUT2D eigenvalue weighted by atomic mass is 16.4. The summed E-state index contributed by atoms with van der Waals surface area (Å²) in [5.74, 6) is -0.954. The van der Waals surface area contributed by atoms with Crippen LogP contribution in [0.2, 0.25) is 0 Å². The normalized spacial score (nSPS) is 10.9. The first-order valence-electron chi connectivity index (χ1n) is 5.03. The quantitative estimate of drug-likeness (QED) is 0.813. The summed E-state index contributed by atoms with van der Waals surface area (Å²) < 4.78 is 1.65. The fourth-order valence-corrected chi connectivity index (χ4v) is 1.49. The second-order valence-electron chi connectivity index (χ2n) is 3.55. The molecule has 1 N–H and O–H groups in total. The maximum Gasteiger partial charge on any atom is 0.328 e. The number of carboxylic acids is 1. The molecule has 0 bridgehead atoms. The SMILES string of the molecule is Cc1cc(-n2cncn2)ccc1C=CC(=O)O. The van der Waals surface area contributed by atoms with Gasteiger partial charge in [-0.2, -0.15) is 5.10 Å². The molecule has 1 aromatic heterocycles. The molecule has 0 aliphatic carbocycles. The van der Waals surface area contributed by atoms with Crippen LogP contribution in [0.25, 0.3) is 11.8 Å². The lowest BCUT2D eigenvalue weighted by atomic mass is 10.1. The van der Waals surface area contributed by atoms with Crippen LogP contribution in [-0.4, -0.2) is 25.8 Å². The zero-order valence-corrected chi connectivity index (χ0v) is 9.24. The van der Waals surface area contributed by atoms with Crippen LogP contribution < -0.4 is 0 Å². The Hall–Kier alpha value is -2.43. The number of carbonyl (C=O) groups is 1. The van der Waals surface area contributed by atoms with E-state index in [0.29, 0.717) is 0 Å².